The van der Waals surface area contributed by atoms with Crippen LogP contribution in [0.4, 0.5) is 0 Å². The molecular formula is C10H11NO2S. The van der Waals surface area contributed by atoms with E-state index in [0.717, 1.165) is 5.56 Å². The predicted molar refractivity (Wildman–Crippen MR) is 54.9 cm³/mol. The molecule has 1 saturated heterocycles. The Hall–Kier alpha value is -0.840. The van der Waals surface area contributed by atoms with E-state index in [1.807, 2.05) is 30.3 Å². The van der Waals surface area contributed by atoms with Gasteiger partial charge in [-0.15, -0.1) is 4.31 Å². The highest BCUT2D eigenvalue weighted by molar-refractivity contribution is 7.90. The van der Waals surface area contributed by atoms with Crippen molar-refractivity contribution >= 4 is 17.1 Å². The summed E-state index contributed by atoms with van der Waals surface area (Å²) in [5.74, 6) is 0.256. The van der Waals surface area contributed by atoms with Gasteiger partial charge in [-0.05, 0) is 5.56 Å². The Balaban J connectivity index is 2.02. The number of carbonyl (C=O) groups is 1. The van der Waals surface area contributed by atoms with Crippen molar-refractivity contribution in [1.82, 2.24) is 4.31 Å². The van der Waals surface area contributed by atoms with Crippen molar-refractivity contribution in [1.29, 1.82) is 0 Å². The van der Waals surface area contributed by atoms with Crippen LogP contribution >= 0.6 is 0 Å². The quantitative estimate of drug-likeness (QED) is 0.675. The maximum atomic E-state index is 11.4. The Kier molecular flexibility index (Phi) is 2.86. The Morgan fingerprint density at radius 1 is 1.36 bits per heavy atom. The zero-order chi connectivity index (χ0) is 9.97. The van der Waals surface area contributed by atoms with Crippen molar-refractivity contribution in [3.05, 3.63) is 35.9 Å². The van der Waals surface area contributed by atoms with Crippen LogP contribution in [0.1, 0.15) is 5.56 Å². The average Bonchev–Trinajstić information content (AvgIpc) is 2.47. The maximum Gasteiger partial charge on any atom is 0.202 e. The summed E-state index contributed by atoms with van der Waals surface area (Å²) in [4.78, 5) is 11.0. The fourth-order valence-electron chi connectivity index (χ4n) is 1.46. The molecule has 1 atom stereocenters. The minimum Gasteiger partial charge on any atom is -0.598 e. The lowest BCUT2D eigenvalue weighted by Crippen LogP contribution is -2.25. The van der Waals surface area contributed by atoms with Gasteiger partial charge in [0.15, 0.2) is 5.75 Å². The van der Waals surface area contributed by atoms with Crippen molar-refractivity contribution in [2.45, 2.75) is 6.54 Å². The third-order valence-electron chi connectivity index (χ3n) is 2.13. The highest BCUT2D eigenvalue weighted by atomic mass is 32.2. The molecule has 2 rings (SSSR count). The molecule has 0 radical (unpaired) electrons. The molecule has 0 saturated carbocycles. The monoisotopic (exact) mass is 209 g/mol. The summed E-state index contributed by atoms with van der Waals surface area (Å²) in [5.41, 5.74) is 1.09. The van der Waals surface area contributed by atoms with Crippen molar-refractivity contribution in [3.8, 4) is 0 Å². The fraction of sp³-hybridized carbons (Fsp3) is 0.300. The molecule has 3 nitrogen and oxygen atoms in total. The topological polar surface area (TPSA) is 43.4 Å². The third kappa shape index (κ3) is 2.15. The Bertz CT molecular complexity index is 328. The van der Waals surface area contributed by atoms with Crippen LogP contribution in [0.2, 0.25) is 0 Å². The molecule has 1 aromatic carbocycles. The molecule has 0 aliphatic carbocycles. The second-order valence-corrected chi connectivity index (χ2v) is 4.74. The number of carbonyl (C=O) groups excluding carboxylic acids is 1. The molecule has 1 aliphatic rings. The van der Waals surface area contributed by atoms with E-state index in [0.29, 0.717) is 13.1 Å². The van der Waals surface area contributed by atoms with Gasteiger partial charge in [0.25, 0.3) is 0 Å². The van der Waals surface area contributed by atoms with E-state index in [1.165, 1.54) is 0 Å². The SMILES string of the molecule is O=C1CN(Cc2ccccc2)[S+]([O-])C1. The van der Waals surface area contributed by atoms with Gasteiger partial charge in [-0.1, -0.05) is 30.3 Å². The van der Waals surface area contributed by atoms with E-state index in [9.17, 15) is 9.35 Å². The summed E-state index contributed by atoms with van der Waals surface area (Å²) < 4.78 is 13.1. The molecule has 1 fully saturated rings. The molecule has 0 amide bonds. The van der Waals surface area contributed by atoms with Gasteiger partial charge in [-0.25, -0.2) is 0 Å². The zero-order valence-corrected chi connectivity index (χ0v) is 8.50. The third-order valence-corrected chi connectivity index (χ3v) is 3.53. The summed E-state index contributed by atoms with van der Waals surface area (Å²) in [5, 5.41) is 0. The molecule has 0 aromatic heterocycles. The number of benzene rings is 1. The van der Waals surface area contributed by atoms with Crippen molar-refractivity contribution < 1.29 is 9.35 Å². The standard InChI is InChI=1S/C10H11NO2S/c12-10-7-11(14(13)8-10)6-9-4-2-1-3-5-9/h1-5H,6-8H2. The molecule has 14 heavy (non-hydrogen) atoms. The first-order valence-corrected chi connectivity index (χ1v) is 5.72. The van der Waals surface area contributed by atoms with Gasteiger partial charge in [-0.3, -0.25) is 4.79 Å². The Morgan fingerprint density at radius 2 is 2.07 bits per heavy atom. The fourth-order valence-corrected chi connectivity index (χ4v) is 2.59. The van der Waals surface area contributed by atoms with Crippen LogP contribution in [-0.2, 0) is 22.7 Å². The van der Waals surface area contributed by atoms with Crippen LogP contribution in [0, 0.1) is 0 Å². The largest absolute Gasteiger partial charge is 0.598 e. The van der Waals surface area contributed by atoms with Crippen molar-refractivity contribution in [3.63, 3.8) is 0 Å². The van der Waals surface area contributed by atoms with Crippen LogP contribution < -0.4 is 0 Å². The molecule has 1 aliphatic heterocycles. The lowest BCUT2D eigenvalue weighted by molar-refractivity contribution is -0.116. The van der Waals surface area contributed by atoms with Crippen LogP contribution in [0.5, 0.6) is 0 Å². The number of hydrogen-bond acceptors (Lipinski definition) is 3. The first kappa shape index (κ1) is 9.71. The zero-order valence-electron chi connectivity index (χ0n) is 7.68. The van der Waals surface area contributed by atoms with E-state index >= 15 is 0 Å². The molecule has 0 bridgehead atoms. The van der Waals surface area contributed by atoms with Gasteiger partial charge in [0, 0.05) is 11.4 Å². The van der Waals surface area contributed by atoms with E-state index < -0.39 is 11.4 Å². The van der Waals surface area contributed by atoms with Crippen LogP contribution in [-0.4, -0.2) is 26.9 Å². The molecule has 74 valence electrons. The van der Waals surface area contributed by atoms with Crippen LogP contribution in [0.15, 0.2) is 30.3 Å². The Labute approximate surface area is 86.0 Å². The minimum atomic E-state index is -1.11. The number of hydrogen-bond donors (Lipinski definition) is 0. The minimum absolute atomic E-state index is 0.0688. The molecule has 1 heterocycles. The summed E-state index contributed by atoms with van der Waals surface area (Å²) in [6.07, 6.45) is 0. The van der Waals surface area contributed by atoms with Gasteiger partial charge in [-0.2, -0.15) is 0 Å². The second kappa shape index (κ2) is 4.13. The lowest BCUT2D eigenvalue weighted by Gasteiger charge is -2.15. The lowest BCUT2D eigenvalue weighted by atomic mass is 10.2. The highest BCUT2D eigenvalue weighted by Gasteiger charge is 2.33. The number of ketones is 1. The first-order valence-electron chi connectivity index (χ1n) is 4.45. The molecule has 1 aromatic rings. The number of nitrogens with zero attached hydrogens (tertiary/aromatic N) is 1. The number of Topliss-reactive ketones (excluding diaryl/α,β-unsaturated/α-hetero) is 1. The average molecular weight is 209 g/mol. The van der Waals surface area contributed by atoms with Crippen molar-refractivity contribution in [2.75, 3.05) is 12.3 Å². The van der Waals surface area contributed by atoms with Gasteiger partial charge in [0.2, 0.25) is 5.78 Å². The highest BCUT2D eigenvalue weighted by Crippen LogP contribution is 2.14. The van der Waals surface area contributed by atoms with Crippen LogP contribution in [0.25, 0.3) is 0 Å². The summed E-state index contributed by atoms with van der Waals surface area (Å²) in [7, 11) is 0. The predicted octanol–water partition coefficient (Wildman–Crippen LogP) is 0.735. The molecular weight excluding hydrogens is 198 g/mol. The van der Waals surface area contributed by atoms with Gasteiger partial charge >= 0.3 is 0 Å². The smallest absolute Gasteiger partial charge is 0.202 e. The maximum absolute atomic E-state index is 11.4. The number of rotatable bonds is 2. The molecule has 0 N–H and O–H groups in total. The van der Waals surface area contributed by atoms with Gasteiger partial charge in [0.05, 0.1) is 6.54 Å². The summed E-state index contributed by atoms with van der Waals surface area (Å²) in [6.45, 7) is 0.917. The second-order valence-electron chi connectivity index (χ2n) is 3.29. The van der Waals surface area contributed by atoms with E-state index in [2.05, 4.69) is 0 Å². The molecule has 1 unspecified atom stereocenters. The first-order chi connectivity index (χ1) is 6.75. The molecule has 4 heteroatoms. The Morgan fingerprint density at radius 3 is 2.64 bits per heavy atom. The van der Waals surface area contributed by atoms with E-state index in [4.69, 9.17) is 0 Å². The normalized spacial score (nSPS) is 22.9. The summed E-state index contributed by atoms with van der Waals surface area (Å²) >= 11 is -1.11. The van der Waals surface area contributed by atoms with Crippen LogP contribution in [0.3, 0.4) is 0 Å². The summed E-state index contributed by atoms with van der Waals surface area (Å²) in [6, 6.07) is 9.77. The van der Waals surface area contributed by atoms with Gasteiger partial charge < -0.3 is 4.55 Å². The van der Waals surface area contributed by atoms with Crippen molar-refractivity contribution in [2.24, 2.45) is 0 Å². The van der Waals surface area contributed by atoms with Gasteiger partial charge in [0.1, 0.15) is 6.54 Å². The van der Waals surface area contributed by atoms with E-state index in [-0.39, 0.29) is 11.5 Å². The van der Waals surface area contributed by atoms with E-state index in [1.54, 1.807) is 4.31 Å². The molecule has 0 spiro atoms.